The van der Waals surface area contributed by atoms with Gasteiger partial charge in [0.1, 0.15) is 29.6 Å². The highest BCUT2D eigenvalue weighted by atomic mass is 32.2. The molecule has 4 N–H and O–H groups in total. The summed E-state index contributed by atoms with van der Waals surface area (Å²) in [6.07, 6.45) is 7.58. The Morgan fingerprint density at radius 3 is 2.33 bits per heavy atom. The molecule has 2 aliphatic carbocycles. The summed E-state index contributed by atoms with van der Waals surface area (Å²) in [6, 6.07) is 15.2. The quantitative estimate of drug-likeness (QED) is 0.0406. The van der Waals surface area contributed by atoms with E-state index in [9.17, 15) is 19.8 Å². The number of carbonyl (C=O) groups is 2. The highest BCUT2D eigenvalue weighted by molar-refractivity contribution is 7.89. The zero-order chi connectivity index (χ0) is 47.4. The van der Waals surface area contributed by atoms with Crippen LogP contribution in [-0.2, 0) is 24.4 Å². The van der Waals surface area contributed by atoms with Crippen LogP contribution in [0.15, 0.2) is 95.0 Å². The number of hydrogen-bond donors (Lipinski definition) is 4. The first-order valence-corrected chi connectivity index (χ1v) is 24.1. The molecule has 1 saturated carbocycles. The minimum absolute atomic E-state index is 0.0109. The number of methoxy groups -OCH3 is 2. The average molecular weight is 933 g/mol. The van der Waals surface area contributed by atoms with Crippen LogP contribution in [0.2, 0.25) is 0 Å². The number of aliphatic hydroxyl groups excluding tert-OH is 2. The predicted molar refractivity (Wildman–Crippen MR) is 251 cm³/mol. The van der Waals surface area contributed by atoms with Crippen LogP contribution in [0.5, 0.6) is 23.0 Å². The third-order valence-electron chi connectivity index (χ3n) is 12.4. The third-order valence-corrected chi connectivity index (χ3v) is 14.3. The van der Waals surface area contributed by atoms with Crippen molar-refractivity contribution in [3.05, 3.63) is 90.5 Å². The largest absolute Gasteiger partial charge is 0.497 e. The van der Waals surface area contributed by atoms with E-state index in [1.54, 1.807) is 54.6 Å². The molecule has 1 heterocycles. The number of unbranched alkanes of at least 4 members (excludes halogenated alkanes) is 2. The first kappa shape index (κ1) is 50.0. The number of aliphatic hydroxyl groups is 2. The molecule has 3 aromatic rings. The van der Waals surface area contributed by atoms with Crippen molar-refractivity contribution in [2.75, 3.05) is 57.8 Å². The first-order valence-electron chi connectivity index (χ1n) is 22.7. The molecule has 16 nitrogen and oxygen atoms in total. The Morgan fingerprint density at radius 1 is 0.955 bits per heavy atom. The van der Waals surface area contributed by atoms with E-state index in [2.05, 4.69) is 23.3 Å². The maximum absolute atomic E-state index is 15.2. The predicted octanol–water partition coefficient (Wildman–Crippen LogP) is 8.03. The van der Waals surface area contributed by atoms with Crippen LogP contribution in [0.25, 0.3) is 0 Å². The van der Waals surface area contributed by atoms with E-state index in [1.165, 1.54) is 37.6 Å². The number of carbonyl (C=O) groups excluding carboxylic acids is 2. The number of allylic oxidation sites excluding steroid dienone is 1. The van der Waals surface area contributed by atoms with Crippen LogP contribution < -0.4 is 29.6 Å². The van der Waals surface area contributed by atoms with Gasteiger partial charge in [0.25, 0.3) is 0 Å². The second-order valence-corrected chi connectivity index (χ2v) is 18.5. The SMILES string of the molecule is C=CCO[C@@]12Oc3ccc(OC(=O)Nc4ccc(OC)cc4OC)cc3[C@H]3[C@H](CCCCO)[C@@H](CCCCO)C=C(C(=NOCC)C[C@@H]1N(CCC)S(=O)(=O)c1ccc(NC(C)=O)cc1)[C@H]32. The summed E-state index contributed by atoms with van der Waals surface area (Å²) in [4.78, 5) is 31.2. The summed E-state index contributed by atoms with van der Waals surface area (Å²) in [6.45, 7) is 9.51. The molecule has 3 aromatic carbocycles. The van der Waals surface area contributed by atoms with Crippen molar-refractivity contribution in [2.45, 2.75) is 94.8 Å². The molecule has 0 aromatic heterocycles. The van der Waals surface area contributed by atoms with Crippen LogP contribution in [0.1, 0.15) is 83.6 Å². The lowest BCUT2D eigenvalue weighted by Gasteiger charge is -2.59. The Kier molecular flexibility index (Phi) is 17.3. The molecule has 358 valence electrons. The molecule has 0 saturated heterocycles. The van der Waals surface area contributed by atoms with E-state index < -0.39 is 39.8 Å². The van der Waals surface area contributed by atoms with Gasteiger partial charge in [-0.2, -0.15) is 4.31 Å². The number of amides is 2. The molecule has 0 unspecified atom stereocenters. The van der Waals surface area contributed by atoms with Gasteiger partial charge in [-0.05, 0) is 111 Å². The summed E-state index contributed by atoms with van der Waals surface area (Å²) in [5.74, 6) is -1.64. The van der Waals surface area contributed by atoms with Crippen molar-refractivity contribution < 1.29 is 56.7 Å². The maximum Gasteiger partial charge on any atom is 0.417 e. The maximum atomic E-state index is 15.2. The molecule has 0 radical (unpaired) electrons. The lowest BCUT2D eigenvalue weighted by molar-refractivity contribution is -0.251. The minimum Gasteiger partial charge on any atom is -0.497 e. The van der Waals surface area contributed by atoms with E-state index in [0.717, 1.165) is 24.0 Å². The molecule has 1 fully saturated rings. The molecular weight excluding hydrogens is 869 g/mol. The third kappa shape index (κ3) is 10.9. The van der Waals surface area contributed by atoms with Gasteiger partial charge in [-0.15, -0.1) is 6.58 Å². The van der Waals surface area contributed by atoms with Crippen molar-refractivity contribution >= 4 is 39.1 Å². The zero-order valence-electron chi connectivity index (χ0n) is 38.5. The number of fused-ring (bicyclic) bond motifs is 2. The Morgan fingerprint density at radius 2 is 1.68 bits per heavy atom. The Hall–Kier alpha value is -5.46. The lowest BCUT2D eigenvalue weighted by Crippen LogP contribution is -2.70. The van der Waals surface area contributed by atoms with Crippen LogP contribution >= 0.6 is 0 Å². The Balaban J connectivity index is 1.55. The van der Waals surface area contributed by atoms with Gasteiger partial charge in [0.15, 0.2) is 0 Å². The highest BCUT2D eigenvalue weighted by Crippen LogP contribution is 2.62. The molecule has 1 aliphatic heterocycles. The van der Waals surface area contributed by atoms with Crippen molar-refractivity contribution in [3.8, 4) is 23.0 Å². The molecule has 0 spiro atoms. The molecular formula is C49H64N4O12S. The van der Waals surface area contributed by atoms with Gasteiger partial charge >= 0.3 is 6.09 Å². The molecule has 0 bridgehead atoms. The van der Waals surface area contributed by atoms with Crippen LogP contribution in [0.3, 0.4) is 0 Å². The molecule has 3 aliphatic rings. The number of sulfonamides is 1. The van der Waals surface area contributed by atoms with Crippen LogP contribution in [0, 0.1) is 17.8 Å². The van der Waals surface area contributed by atoms with Crippen molar-refractivity contribution in [1.29, 1.82) is 0 Å². The second-order valence-electron chi connectivity index (χ2n) is 16.6. The standard InChI is InChI=1S/C49H64N4O12S/c1-7-24-53(66(58,59)37-20-16-34(17-21-37)50-32(4)56)45-31-42(52-63-9-3)39-28-33(14-10-12-25-54)38(15-11-13-26-55)46-40-29-36(19-23-43(40)65-49(45,47(39)46)62-27-8-2)64-48(57)51-41-22-18-35(60-5)30-44(41)61-6/h8,16-23,28-30,33,38,45-47,54-55H,2,7,9-15,24-27,31H2,1,3-6H3,(H,50,56)(H,51,57)/t33-,38+,45-,46+,47+,49+/m0/s1. The summed E-state index contributed by atoms with van der Waals surface area (Å²) in [5, 5.41) is 30.0. The monoisotopic (exact) mass is 932 g/mol. The normalized spacial score (nSPS) is 22.6. The molecule has 17 heteroatoms. The summed E-state index contributed by atoms with van der Waals surface area (Å²) in [7, 11) is -1.27. The smallest absolute Gasteiger partial charge is 0.417 e. The zero-order valence-corrected chi connectivity index (χ0v) is 39.3. The number of rotatable bonds is 23. The fourth-order valence-corrected chi connectivity index (χ4v) is 11.4. The number of ether oxygens (including phenoxy) is 5. The number of hydrogen-bond acceptors (Lipinski definition) is 13. The van der Waals surface area contributed by atoms with Gasteiger partial charge < -0.3 is 44.1 Å². The number of nitrogens with zero attached hydrogens (tertiary/aromatic N) is 2. The number of anilines is 2. The van der Waals surface area contributed by atoms with Crippen molar-refractivity contribution in [1.82, 2.24) is 4.31 Å². The van der Waals surface area contributed by atoms with Crippen molar-refractivity contribution in [3.63, 3.8) is 0 Å². The summed E-state index contributed by atoms with van der Waals surface area (Å²) >= 11 is 0. The summed E-state index contributed by atoms with van der Waals surface area (Å²) in [5.41, 5.74) is 2.91. The number of benzene rings is 3. The van der Waals surface area contributed by atoms with Gasteiger partial charge in [0.05, 0.1) is 49.1 Å². The first-order chi connectivity index (χ1) is 31.9. The highest BCUT2D eigenvalue weighted by Gasteiger charge is 2.66. The van der Waals surface area contributed by atoms with E-state index in [-0.39, 0.29) is 67.8 Å². The molecule has 2 amide bonds. The fraction of sp³-hybridized carbons (Fsp3) is 0.490. The van der Waals surface area contributed by atoms with Gasteiger partial charge in [0.2, 0.25) is 21.7 Å². The Labute approximate surface area is 388 Å². The Bertz CT molecular complexity index is 2340. The fourth-order valence-electron chi connectivity index (χ4n) is 9.69. The summed E-state index contributed by atoms with van der Waals surface area (Å²) < 4.78 is 62.8. The lowest BCUT2D eigenvalue weighted by atomic mass is 9.55. The second kappa shape index (κ2) is 22.8. The molecule has 66 heavy (non-hydrogen) atoms. The van der Waals surface area contributed by atoms with Gasteiger partial charge in [0, 0.05) is 56.3 Å². The van der Waals surface area contributed by atoms with E-state index in [0.29, 0.717) is 66.4 Å². The van der Waals surface area contributed by atoms with E-state index >= 15 is 8.42 Å². The van der Waals surface area contributed by atoms with E-state index in [1.807, 2.05) is 13.8 Å². The van der Waals surface area contributed by atoms with Crippen LogP contribution in [0.4, 0.5) is 16.2 Å². The van der Waals surface area contributed by atoms with E-state index in [4.69, 9.17) is 33.7 Å². The van der Waals surface area contributed by atoms with Crippen LogP contribution in [-0.4, -0.2) is 99.7 Å². The minimum atomic E-state index is -4.29. The number of nitrogens with one attached hydrogen (secondary N) is 2. The molecule has 6 atom stereocenters. The van der Waals surface area contributed by atoms with Gasteiger partial charge in [-0.25, -0.2) is 13.2 Å². The van der Waals surface area contributed by atoms with Gasteiger partial charge in [-0.1, -0.05) is 37.1 Å². The van der Waals surface area contributed by atoms with Crippen molar-refractivity contribution in [2.24, 2.45) is 22.9 Å². The van der Waals surface area contributed by atoms with Gasteiger partial charge in [-0.3, -0.25) is 10.1 Å². The molecule has 6 rings (SSSR count). The number of oxime groups is 1. The average Bonchev–Trinajstić information content (AvgIpc) is 3.30. The topological polar surface area (TPSA) is 204 Å².